The number of likely N-dealkylation sites (tertiary alicyclic amines) is 1. The average Bonchev–Trinajstić information content (AvgIpc) is 3.50. The molecule has 2 N–H and O–H groups in total. The van der Waals surface area contributed by atoms with Crippen LogP contribution in [0.15, 0.2) is 23.2 Å². The number of nitrogens with two attached hydrogens (primary N) is 1. The van der Waals surface area contributed by atoms with Gasteiger partial charge in [-0.05, 0) is 51.0 Å². The third kappa shape index (κ3) is 3.71. The predicted molar refractivity (Wildman–Crippen MR) is 128 cm³/mol. The summed E-state index contributed by atoms with van der Waals surface area (Å²) in [5, 5.41) is 9.92. The molecule has 1 saturated heterocycles. The maximum atomic E-state index is 11.0. The largest absolute Gasteiger partial charge is 0.383 e. The van der Waals surface area contributed by atoms with E-state index >= 15 is 0 Å². The third-order valence-electron chi connectivity index (χ3n) is 6.94. The van der Waals surface area contributed by atoms with Crippen LogP contribution in [0.5, 0.6) is 0 Å². The van der Waals surface area contributed by atoms with Gasteiger partial charge in [0.05, 0.1) is 10.9 Å². The Hall–Kier alpha value is -3.89. The Morgan fingerprint density at radius 3 is 2.43 bits per heavy atom. The number of piperidine rings is 1. The molecule has 6 rings (SSSR count). The van der Waals surface area contributed by atoms with Crippen molar-refractivity contribution in [3.63, 3.8) is 0 Å². The number of fused-ring (bicyclic) bond motifs is 1. The fraction of sp³-hybridized carbons (Fsp3) is 0.458. The van der Waals surface area contributed by atoms with Gasteiger partial charge < -0.3 is 15.2 Å². The smallest absolute Gasteiger partial charge is 0.209 e. The van der Waals surface area contributed by atoms with Gasteiger partial charge in [-0.25, -0.2) is 24.6 Å². The fourth-order valence-corrected chi connectivity index (χ4v) is 4.84. The Labute approximate surface area is 201 Å². The molecule has 35 heavy (non-hydrogen) atoms. The topological polar surface area (TPSA) is 142 Å². The van der Waals surface area contributed by atoms with Crippen molar-refractivity contribution in [3.8, 4) is 22.8 Å². The first-order valence-electron chi connectivity index (χ1n) is 12.1. The molecule has 0 unspecified atom stereocenters. The molecule has 11 heteroatoms. The summed E-state index contributed by atoms with van der Waals surface area (Å²) in [4.78, 5) is 31.0. The third-order valence-corrected chi connectivity index (χ3v) is 6.94. The molecule has 0 aromatic carbocycles. The number of nitrogens with zero attached hydrogens (tertiary/aromatic N) is 8. The Morgan fingerprint density at radius 1 is 1.03 bits per heavy atom. The van der Waals surface area contributed by atoms with Gasteiger partial charge in [-0.1, -0.05) is 5.16 Å². The standard InChI is InChI=1S/C24H27N9O2/c1-13(2)33-24-18(22(25)28-11-29-24)19(30-33)20-17(21(35-31-20)15-3-4-15)23-26-9-16(10-27-23)14-5-7-32(12-34)8-6-14/h9-15H,3-8H2,1-2H3,(H2,25,28,29). The molecule has 1 amide bonds. The Balaban J connectivity index is 1.43. The van der Waals surface area contributed by atoms with Crippen molar-refractivity contribution in [2.24, 2.45) is 0 Å². The van der Waals surface area contributed by atoms with E-state index in [2.05, 4.69) is 15.1 Å². The molecule has 180 valence electrons. The fourth-order valence-electron chi connectivity index (χ4n) is 4.84. The van der Waals surface area contributed by atoms with Gasteiger partial charge in [0.25, 0.3) is 0 Å². The Morgan fingerprint density at radius 2 is 1.77 bits per heavy atom. The molecule has 0 spiro atoms. The number of aromatic nitrogens is 7. The summed E-state index contributed by atoms with van der Waals surface area (Å²) < 4.78 is 7.69. The number of carbonyl (C=O) groups is 1. The zero-order valence-corrected chi connectivity index (χ0v) is 19.8. The first kappa shape index (κ1) is 21.6. The molecule has 0 bridgehead atoms. The van der Waals surface area contributed by atoms with Gasteiger partial charge >= 0.3 is 0 Å². The highest BCUT2D eigenvalue weighted by atomic mass is 16.5. The second kappa shape index (κ2) is 8.40. The van der Waals surface area contributed by atoms with Crippen molar-refractivity contribution in [3.05, 3.63) is 30.0 Å². The van der Waals surface area contributed by atoms with E-state index < -0.39 is 0 Å². The van der Waals surface area contributed by atoms with Crippen LogP contribution in [0, 0.1) is 0 Å². The zero-order chi connectivity index (χ0) is 24.1. The van der Waals surface area contributed by atoms with Gasteiger partial charge in [0.2, 0.25) is 6.41 Å². The van der Waals surface area contributed by atoms with Crippen LogP contribution < -0.4 is 5.73 Å². The van der Waals surface area contributed by atoms with E-state index in [1.54, 1.807) is 0 Å². The lowest BCUT2D eigenvalue weighted by Gasteiger charge is -2.29. The molecule has 5 heterocycles. The lowest BCUT2D eigenvalue weighted by molar-refractivity contribution is -0.119. The van der Waals surface area contributed by atoms with Crippen LogP contribution >= 0.6 is 0 Å². The number of anilines is 1. The first-order valence-corrected chi connectivity index (χ1v) is 12.1. The highest BCUT2D eigenvalue weighted by molar-refractivity contribution is 6.00. The van der Waals surface area contributed by atoms with Crippen LogP contribution in [-0.4, -0.2) is 59.3 Å². The highest BCUT2D eigenvalue weighted by Crippen LogP contribution is 2.48. The SMILES string of the molecule is CC(C)n1nc(-c2noc(C3CC3)c2-c2ncc(C3CCN(C=O)CC3)cn2)c2c(N)ncnc21. The van der Waals surface area contributed by atoms with E-state index in [9.17, 15) is 4.79 Å². The number of hydrogen-bond acceptors (Lipinski definition) is 9. The summed E-state index contributed by atoms with van der Waals surface area (Å²) in [5.41, 5.74) is 9.91. The molecule has 1 aliphatic carbocycles. The summed E-state index contributed by atoms with van der Waals surface area (Å²) >= 11 is 0. The van der Waals surface area contributed by atoms with E-state index in [0.717, 1.165) is 62.1 Å². The van der Waals surface area contributed by atoms with Crippen LogP contribution in [0.25, 0.3) is 33.8 Å². The van der Waals surface area contributed by atoms with Gasteiger partial charge in [-0.15, -0.1) is 0 Å². The number of amides is 1. The summed E-state index contributed by atoms with van der Waals surface area (Å²) in [6.45, 7) is 5.59. The van der Waals surface area contributed by atoms with Crippen molar-refractivity contribution >= 4 is 23.3 Å². The summed E-state index contributed by atoms with van der Waals surface area (Å²) in [5.74, 6) is 2.33. The van der Waals surface area contributed by atoms with E-state index in [1.807, 2.05) is 35.8 Å². The van der Waals surface area contributed by atoms with Crippen LogP contribution in [0.1, 0.15) is 68.7 Å². The molecule has 1 saturated carbocycles. The number of carbonyl (C=O) groups excluding carboxylic acids is 1. The molecule has 0 radical (unpaired) electrons. The normalized spacial score (nSPS) is 16.9. The number of rotatable bonds is 6. The molecule has 2 aliphatic rings. The molecule has 11 nitrogen and oxygen atoms in total. The molecule has 0 atom stereocenters. The summed E-state index contributed by atoms with van der Waals surface area (Å²) in [6, 6.07) is 0.0694. The van der Waals surface area contributed by atoms with Crippen LogP contribution in [0.4, 0.5) is 5.82 Å². The maximum absolute atomic E-state index is 11.0. The zero-order valence-electron chi connectivity index (χ0n) is 19.8. The predicted octanol–water partition coefficient (Wildman–Crippen LogP) is 3.31. The molecular weight excluding hydrogens is 446 g/mol. The lowest BCUT2D eigenvalue weighted by atomic mass is 9.91. The second-order valence-electron chi connectivity index (χ2n) is 9.64. The minimum Gasteiger partial charge on any atom is -0.383 e. The molecular formula is C24H27N9O2. The van der Waals surface area contributed by atoms with Crippen molar-refractivity contribution in [2.75, 3.05) is 18.8 Å². The van der Waals surface area contributed by atoms with E-state index in [-0.39, 0.29) is 6.04 Å². The van der Waals surface area contributed by atoms with E-state index in [4.69, 9.17) is 25.3 Å². The van der Waals surface area contributed by atoms with Gasteiger partial charge in [-0.2, -0.15) is 5.10 Å². The Kier molecular flexibility index (Phi) is 5.19. The van der Waals surface area contributed by atoms with E-state index in [1.165, 1.54) is 6.33 Å². The van der Waals surface area contributed by atoms with Crippen LogP contribution in [-0.2, 0) is 4.79 Å². The van der Waals surface area contributed by atoms with Crippen molar-refractivity contribution in [1.82, 2.24) is 39.8 Å². The average molecular weight is 474 g/mol. The summed E-state index contributed by atoms with van der Waals surface area (Å²) in [7, 11) is 0. The van der Waals surface area contributed by atoms with Crippen molar-refractivity contribution in [1.29, 1.82) is 0 Å². The molecule has 4 aromatic rings. The van der Waals surface area contributed by atoms with E-state index in [0.29, 0.717) is 45.9 Å². The first-order chi connectivity index (χ1) is 17.0. The number of hydrogen-bond donors (Lipinski definition) is 1. The lowest BCUT2D eigenvalue weighted by Crippen LogP contribution is -2.31. The maximum Gasteiger partial charge on any atom is 0.209 e. The monoisotopic (exact) mass is 473 g/mol. The highest BCUT2D eigenvalue weighted by Gasteiger charge is 2.36. The van der Waals surface area contributed by atoms with Gasteiger partial charge in [0.1, 0.15) is 23.5 Å². The van der Waals surface area contributed by atoms with Crippen molar-refractivity contribution in [2.45, 2.75) is 57.4 Å². The minimum absolute atomic E-state index is 0.0694. The Bertz CT molecular complexity index is 1380. The van der Waals surface area contributed by atoms with Gasteiger partial charge in [0.15, 0.2) is 17.2 Å². The molecule has 4 aromatic heterocycles. The van der Waals surface area contributed by atoms with Crippen LogP contribution in [0.3, 0.4) is 0 Å². The van der Waals surface area contributed by atoms with Gasteiger partial charge in [0, 0.05) is 37.4 Å². The van der Waals surface area contributed by atoms with Gasteiger partial charge in [-0.3, -0.25) is 4.79 Å². The van der Waals surface area contributed by atoms with Crippen LogP contribution in [0.2, 0.25) is 0 Å². The molecule has 2 fully saturated rings. The summed E-state index contributed by atoms with van der Waals surface area (Å²) in [6.07, 6.45) is 10.0. The quantitative estimate of drug-likeness (QED) is 0.417. The second-order valence-corrected chi connectivity index (χ2v) is 9.64. The molecule has 1 aliphatic heterocycles. The minimum atomic E-state index is 0.0694. The van der Waals surface area contributed by atoms with Crippen molar-refractivity contribution < 1.29 is 9.32 Å². The number of nitrogen functional groups attached to an aromatic ring is 1.